The van der Waals surface area contributed by atoms with Crippen LogP contribution in [0, 0.1) is 0 Å². The van der Waals surface area contributed by atoms with E-state index in [4.69, 9.17) is 0 Å². The van der Waals surface area contributed by atoms with E-state index >= 15 is 0 Å². The molecule has 1 aliphatic rings. The van der Waals surface area contributed by atoms with Gasteiger partial charge in [-0.3, -0.25) is 4.79 Å². The van der Waals surface area contributed by atoms with Crippen LogP contribution in [0.4, 0.5) is 4.79 Å². The zero-order chi connectivity index (χ0) is 12.8. The number of amides is 3. The largest absolute Gasteiger partial charge is 0.341 e. The molecule has 1 fully saturated rings. The number of hydrogen-bond donors (Lipinski definition) is 1. The highest BCUT2D eigenvalue weighted by molar-refractivity contribution is 5.75. The first-order valence-electron chi connectivity index (χ1n) is 6.35. The van der Waals surface area contributed by atoms with Gasteiger partial charge in [-0.1, -0.05) is 6.92 Å². The van der Waals surface area contributed by atoms with Gasteiger partial charge in [0.25, 0.3) is 0 Å². The topological polar surface area (TPSA) is 52.7 Å². The smallest absolute Gasteiger partial charge is 0.317 e. The number of urea groups is 1. The van der Waals surface area contributed by atoms with Gasteiger partial charge in [0.15, 0.2) is 0 Å². The number of carbonyl (C=O) groups is 2. The predicted molar refractivity (Wildman–Crippen MR) is 66.7 cm³/mol. The lowest BCUT2D eigenvalue weighted by molar-refractivity contribution is -0.128. The van der Waals surface area contributed by atoms with E-state index in [1.807, 2.05) is 13.8 Å². The second-order valence-electron chi connectivity index (χ2n) is 4.61. The summed E-state index contributed by atoms with van der Waals surface area (Å²) in [6.45, 7) is 8.37. The number of carbonyl (C=O) groups excluding carboxylic acids is 2. The van der Waals surface area contributed by atoms with Gasteiger partial charge in [-0.25, -0.2) is 4.79 Å². The van der Waals surface area contributed by atoms with Gasteiger partial charge in [-0.15, -0.1) is 0 Å². The van der Waals surface area contributed by atoms with Gasteiger partial charge in [0.1, 0.15) is 0 Å². The summed E-state index contributed by atoms with van der Waals surface area (Å²) in [6.07, 6.45) is 1.78. The highest BCUT2D eigenvalue weighted by Gasteiger charge is 2.20. The van der Waals surface area contributed by atoms with Crippen LogP contribution in [0.3, 0.4) is 0 Å². The minimum absolute atomic E-state index is 0.00949. The van der Waals surface area contributed by atoms with Crippen LogP contribution in [0.1, 0.15) is 33.6 Å². The van der Waals surface area contributed by atoms with E-state index < -0.39 is 0 Å². The number of hydrogen-bond acceptors (Lipinski definition) is 2. The van der Waals surface area contributed by atoms with Gasteiger partial charge in [0, 0.05) is 39.1 Å². The molecule has 0 spiro atoms. The number of rotatable bonds is 2. The Morgan fingerprint density at radius 1 is 1.18 bits per heavy atom. The quantitative estimate of drug-likeness (QED) is 0.785. The first-order chi connectivity index (χ1) is 8.04. The zero-order valence-corrected chi connectivity index (χ0v) is 11.0. The van der Waals surface area contributed by atoms with Crippen molar-refractivity contribution in [3.05, 3.63) is 0 Å². The monoisotopic (exact) mass is 241 g/mol. The fourth-order valence-electron chi connectivity index (χ4n) is 1.84. The van der Waals surface area contributed by atoms with E-state index in [1.165, 1.54) is 0 Å². The third-order valence-electron chi connectivity index (χ3n) is 3.21. The number of nitrogens with one attached hydrogen (secondary N) is 1. The fraction of sp³-hybridized carbons (Fsp3) is 0.833. The maximum Gasteiger partial charge on any atom is 0.317 e. The van der Waals surface area contributed by atoms with Crippen LogP contribution in [0.5, 0.6) is 0 Å². The summed E-state index contributed by atoms with van der Waals surface area (Å²) in [6, 6.07) is 0.194. The summed E-state index contributed by atoms with van der Waals surface area (Å²) >= 11 is 0. The molecule has 1 heterocycles. The second kappa shape index (κ2) is 6.47. The third kappa shape index (κ3) is 4.24. The number of nitrogens with zero attached hydrogens (tertiary/aromatic N) is 2. The Bertz CT molecular complexity index is 281. The molecule has 5 nitrogen and oxygen atoms in total. The van der Waals surface area contributed by atoms with E-state index in [9.17, 15) is 9.59 Å². The predicted octanol–water partition coefficient (Wildman–Crippen LogP) is 1.05. The van der Waals surface area contributed by atoms with Crippen molar-refractivity contribution < 1.29 is 9.59 Å². The first kappa shape index (κ1) is 13.8. The molecule has 0 aromatic heterocycles. The second-order valence-corrected chi connectivity index (χ2v) is 4.61. The SMILES string of the molecule is CC[C@@H](C)NC(=O)N1CCCN(C(C)=O)CC1. The van der Waals surface area contributed by atoms with Crippen molar-refractivity contribution >= 4 is 11.9 Å². The van der Waals surface area contributed by atoms with Crippen LogP contribution >= 0.6 is 0 Å². The Hall–Kier alpha value is -1.26. The highest BCUT2D eigenvalue weighted by atomic mass is 16.2. The zero-order valence-electron chi connectivity index (χ0n) is 11.0. The van der Waals surface area contributed by atoms with Crippen molar-refractivity contribution in [3.63, 3.8) is 0 Å². The van der Waals surface area contributed by atoms with Crippen molar-refractivity contribution in [2.24, 2.45) is 0 Å². The minimum atomic E-state index is -0.00949. The Morgan fingerprint density at radius 3 is 2.35 bits per heavy atom. The molecule has 5 heteroatoms. The molecule has 0 bridgehead atoms. The minimum Gasteiger partial charge on any atom is -0.341 e. The Morgan fingerprint density at radius 2 is 1.76 bits per heavy atom. The Balaban J connectivity index is 2.45. The molecule has 98 valence electrons. The molecule has 0 aromatic carbocycles. The molecule has 1 aliphatic heterocycles. The first-order valence-corrected chi connectivity index (χ1v) is 6.35. The average Bonchev–Trinajstić information content (AvgIpc) is 2.54. The lowest BCUT2D eigenvalue weighted by atomic mass is 10.3. The average molecular weight is 241 g/mol. The molecule has 1 saturated heterocycles. The van der Waals surface area contributed by atoms with Gasteiger partial charge in [0.05, 0.1) is 0 Å². The fourth-order valence-corrected chi connectivity index (χ4v) is 1.84. The molecule has 3 amide bonds. The highest BCUT2D eigenvalue weighted by Crippen LogP contribution is 2.04. The summed E-state index contributed by atoms with van der Waals surface area (Å²) in [5, 5.41) is 2.95. The van der Waals surface area contributed by atoms with Crippen LogP contribution in [0.15, 0.2) is 0 Å². The third-order valence-corrected chi connectivity index (χ3v) is 3.21. The van der Waals surface area contributed by atoms with Crippen LogP contribution in [0.2, 0.25) is 0 Å². The van der Waals surface area contributed by atoms with Gasteiger partial charge >= 0.3 is 6.03 Å². The molecular weight excluding hydrogens is 218 g/mol. The molecule has 17 heavy (non-hydrogen) atoms. The van der Waals surface area contributed by atoms with E-state index in [-0.39, 0.29) is 18.0 Å². The molecule has 1 N–H and O–H groups in total. The van der Waals surface area contributed by atoms with Crippen molar-refractivity contribution in [1.29, 1.82) is 0 Å². The molecule has 0 aromatic rings. The van der Waals surface area contributed by atoms with Gasteiger partial charge in [-0.05, 0) is 19.8 Å². The molecule has 1 rings (SSSR count). The van der Waals surface area contributed by atoms with Gasteiger partial charge < -0.3 is 15.1 Å². The molecular formula is C12H23N3O2. The summed E-state index contributed by atoms with van der Waals surface area (Å²) in [7, 11) is 0. The summed E-state index contributed by atoms with van der Waals surface area (Å²) in [5.41, 5.74) is 0. The van der Waals surface area contributed by atoms with E-state index in [2.05, 4.69) is 5.32 Å². The maximum atomic E-state index is 11.9. The lowest BCUT2D eigenvalue weighted by Gasteiger charge is -2.23. The van der Waals surface area contributed by atoms with Crippen LogP contribution in [0.25, 0.3) is 0 Å². The maximum absolute atomic E-state index is 11.9. The summed E-state index contributed by atoms with van der Waals surface area (Å²) in [4.78, 5) is 26.8. The standard InChI is InChI=1S/C12H23N3O2/c1-4-10(2)13-12(17)15-7-5-6-14(8-9-15)11(3)16/h10H,4-9H2,1-3H3,(H,13,17)/t10-/m1/s1. The normalized spacial score (nSPS) is 18.5. The van der Waals surface area contributed by atoms with Crippen LogP contribution in [-0.2, 0) is 4.79 Å². The molecule has 0 saturated carbocycles. The summed E-state index contributed by atoms with van der Waals surface area (Å²) < 4.78 is 0. The van der Waals surface area contributed by atoms with E-state index in [0.29, 0.717) is 13.1 Å². The van der Waals surface area contributed by atoms with Crippen molar-refractivity contribution in [2.75, 3.05) is 26.2 Å². The summed E-state index contributed by atoms with van der Waals surface area (Å²) in [5.74, 6) is 0.0918. The lowest BCUT2D eigenvalue weighted by Crippen LogP contribution is -2.45. The van der Waals surface area contributed by atoms with Gasteiger partial charge in [0.2, 0.25) is 5.91 Å². The molecule has 0 unspecified atom stereocenters. The van der Waals surface area contributed by atoms with Crippen molar-refractivity contribution in [3.8, 4) is 0 Å². The van der Waals surface area contributed by atoms with Crippen molar-refractivity contribution in [1.82, 2.24) is 15.1 Å². The molecule has 0 aliphatic carbocycles. The van der Waals surface area contributed by atoms with E-state index in [0.717, 1.165) is 25.9 Å². The Kier molecular flexibility index (Phi) is 5.25. The Labute approximate surface area is 103 Å². The molecule has 0 radical (unpaired) electrons. The van der Waals surface area contributed by atoms with Crippen LogP contribution < -0.4 is 5.32 Å². The molecule has 1 atom stereocenters. The van der Waals surface area contributed by atoms with Crippen molar-refractivity contribution in [2.45, 2.75) is 39.7 Å². The van der Waals surface area contributed by atoms with E-state index in [1.54, 1.807) is 16.7 Å². The van der Waals surface area contributed by atoms with Crippen LogP contribution in [-0.4, -0.2) is 54.0 Å². The van der Waals surface area contributed by atoms with Gasteiger partial charge in [-0.2, -0.15) is 0 Å².